The minimum atomic E-state index is -0.784. The zero-order valence-electron chi connectivity index (χ0n) is 10.2. The van der Waals surface area contributed by atoms with Gasteiger partial charge in [-0.2, -0.15) is 0 Å². The highest BCUT2D eigenvalue weighted by Gasteiger charge is 2.48. The molecule has 1 aromatic rings. The van der Waals surface area contributed by atoms with E-state index in [0.29, 0.717) is 19.3 Å². The highest BCUT2D eigenvalue weighted by molar-refractivity contribution is 6.02. The maximum Gasteiger partial charge on any atom is 0.314 e. The number of benzene rings is 1. The van der Waals surface area contributed by atoms with Crippen LogP contribution in [-0.4, -0.2) is 17.0 Å². The van der Waals surface area contributed by atoms with E-state index in [2.05, 4.69) is 5.32 Å². The molecule has 1 aliphatic heterocycles. The summed E-state index contributed by atoms with van der Waals surface area (Å²) in [4.78, 5) is 23.1. The van der Waals surface area contributed by atoms with Crippen molar-refractivity contribution >= 4 is 17.6 Å². The number of carbonyl (C=O) groups excluding carboxylic acids is 1. The van der Waals surface area contributed by atoms with Gasteiger partial charge in [-0.1, -0.05) is 24.1 Å². The molecule has 1 saturated carbocycles. The van der Waals surface area contributed by atoms with Gasteiger partial charge in [0.05, 0.1) is 11.8 Å². The lowest BCUT2D eigenvalue weighted by Crippen LogP contribution is -2.42. The van der Waals surface area contributed by atoms with E-state index in [-0.39, 0.29) is 5.91 Å². The number of amides is 1. The maximum atomic E-state index is 11.6. The van der Waals surface area contributed by atoms with E-state index in [9.17, 15) is 14.7 Å². The van der Waals surface area contributed by atoms with Gasteiger partial charge in [0.2, 0.25) is 5.91 Å². The smallest absolute Gasteiger partial charge is 0.314 e. The molecule has 0 aromatic heterocycles. The molecule has 1 aromatic carbocycles. The Hall–Kier alpha value is -1.84. The van der Waals surface area contributed by atoms with E-state index in [4.69, 9.17) is 0 Å². The number of rotatable bonds is 2. The maximum absolute atomic E-state index is 11.6. The third-order valence-corrected chi connectivity index (χ3v) is 4.11. The van der Waals surface area contributed by atoms with Crippen molar-refractivity contribution in [1.29, 1.82) is 0 Å². The Morgan fingerprint density at radius 2 is 2.11 bits per heavy atom. The number of hydrogen-bond acceptors (Lipinski definition) is 2. The van der Waals surface area contributed by atoms with Gasteiger partial charge < -0.3 is 10.4 Å². The van der Waals surface area contributed by atoms with Gasteiger partial charge in [0, 0.05) is 5.69 Å². The second-order valence-electron chi connectivity index (χ2n) is 5.31. The molecule has 18 heavy (non-hydrogen) atoms. The summed E-state index contributed by atoms with van der Waals surface area (Å²) in [5.74, 6) is -0.820. The molecular weight excluding hydrogens is 230 g/mol. The van der Waals surface area contributed by atoms with Crippen LogP contribution < -0.4 is 5.32 Å². The van der Waals surface area contributed by atoms with Gasteiger partial charge in [-0.15, -0.1) is 0 Å². The van der Waals surface area contributed by atoms with Crippen molar-refractivity contribution in [3.63, 3.8) is 0 Å². The Bertz CT molecular complexity index is 558. The quantitative estimate of drug-likeness (QED) is 0.837. The molecule has 1 aliphatic carbocycles. The molecule has 0 atom stereocenters. The van der Waals surface area contributed by atoms with Gasteiger partial charge in [0.25, 0.3) is 0 Å². The van der Waals surface area contributed by atoms with Gasteiger partial charge in [-0.3, -0.25) is 9.59 Å². The summed E-state index contributed by atoms with van der Waals surface area (Å²) in [7, 11) is 0. The van der Waals surface area contributed by atoms with Gasteiger partial charge in [-0.25, -0.2) is 0 Å². The summed E-state index contributed by atoms with van der Waals surface area (Å²) >= 11 is 0. The average Bonchev–Trinajstić information content (AvgIpc) is 2.55. The number of carboxylic acid groups (broad SMARTS) is 1. The molecule has 2 aliphatic rings. The fourth-order valence-corrected chi connectivity index (χ4v) is 3.01. The lowest BCUT2D eigenvalue weighted by Gasteiger charge is -2.39. The topological polar surface area (TPSA) is 66.4 Å². The monoisotopic (exact) mass is 245 g/mol. The van der Waals surface area contributed by atoms with Crippen molar-refractivity contribution in [2.24, 2.45) is 0 Å². The van der Waals surface area contributed by atoms with Crippen molar-refractivity contribution < 1.29 is 14.7 Å². The number of carboxylic acids is 1. The Balaban J connectivity index is 2.18. The SMILES string of the molecule is Cc1cc2c(c(C3(C(=O)O)CCC3)c1)NC(=O)C2. The number of aryl methyl sites for hydroxylation is 1. The first-order valence-corrected chi connectivity index (χ1v) is 6.20. The molecule has 0 spiro atoms. The van der Waals surface area contributed by atoms with E-state index in [1.165, 1.54) is 0 Å². The van der Waals surface area contributed by atoms with Crippen molar-refractivity contribution in [3.05, 3.63) is 28.8 Å². The van der Waals surface area contributed by atoms with Crippen molar-refractivity contribution in [3.8, 4) is 0 Å². The molecule has 4 heteroatoms. The van der Waals surface area contributed by atoms with Crippen LogP contribution in [0.4, 0.5) is 5.69 Å². The summed E-state index contributed by atoms with van der Waals surface area (Å²) in [6.07, 6.45) is 2.62. The Morgan fingerprint density at radius 3 is 2.67 bits per heavy atom. The van der Waals surface area contributed by atoms with E-state index in [0.717, 1.165) is 28.8 Å². The van der Waals surface area contributed by atoms with Crippen LogP contribution in [-0.2, 0) is 21.4 Å². The zero-order chi connectivity index (χ0) is 12.9. The molecule has 94 valence electrons. The molecular formula is C14H15NO3. The fourth-order valence-electron chi connectivity index (χ4n) is 3.01. The highest BCUT2D eigenvalue weighted by Crippen LogP contribution is 2.48. The van der Waals surface area contributed by atoms with Gasteiger partial charge in [-0.05, 0) is 30.9 Å². The van der Waals surface area contributed by atoms with Crippen LogP contribution in [0.15, 0.2) is 12.1 Å². The van der Waals surface area contributed by atoms with Crippen LogP contribution in [0.1, 0.15) is 36.0 Å². The molecule has 0 saturated heterocycles. The largest absolute Gasteiger partial charge is 0.481 e. The zero-order valence-corrected chi connectivity index (χ0v) is 10.2. The van der Waals surface area contributed by atoms with E-state index < -0.39 is 11.4 Å². The summed E-state index contributed by atoms with van der Waals surface area (Å²) < 4.78 is 0. The van der Waals surface area contributed by atoms with Crippen LogP contribution in [0.25, 0.3) is 0 Å². The molecule has 1 fully saturated rings. The highest BCUT2D eigenvalue weighted by atomic mass is 16.4. The molecule has 0 radical (unpaired) electrons. The summed E-state index contributed by atoms with van der Waals surface area (Å²) in [5, 5.41) is 12.3. The number of nitrogens with one attached hydrogen (secondary N) is 1. The van der Waals surface area contributed by atoms with Crippen LogP contribution in [0.5, 0.6) is 0 Å². The summed E-state index contributed by atoms with van der Waals surface area (Å²) in [6, 6.07) is 3.88. The molecule has 0 bridgehead atoms. The number of hydrogen-bond donors (Lipinski definition) is 2. The second kappa shape index (κ2) is 3.57. The van der Waals surface area contributed by atoms with Crippen LogP contribution in [0, 0.1) is 6.92 Å². The Morgan fingerprint density at radius 1 is 1.39 bits per heavy atom. The summed E-state index contributed by atoms with van der Waals surface area (Å²) in [6.45, 7) is 1.95. The van der Waals surface area contributed by atoms with E-state index >= 15 is 0 Å². The summed E-state index contributed by atoms with van der Waals surface area (Å²) in [5.41, 5.74) is 2.71. The molecule has 1 heterocycles. The molecule has 4 nitrogen and oxygen atoms in total. The van der Waals surface area contributed by atoms with Crippen LogP contribution in [0.3, 0.4) is 0 Å². The normalized spacial score (nSPS) is 19.9. The Labute approximate surface area is 105 Å². The number of aliphatic carboxylic acids is 1. The van der Waals surface area contributed by atoms with Gasteiger partial charge in [0.1, 0.15) is 0 Å². The van der Waals surface area contributed by atoms with Crippen molar-refractivity contribution in [1.82, 2.24) is 0 Å². The molecule has 0 unspecified atom stereocenters. The van der Waals surface area contributed by atoms with E-state index in [1.807, 2.05) is 19.1 Å². The number of fused-ring (bicyclic) bond motifs is 1. The molecule has 2 N–H and O–H groups in total. The third-order valence-electron chi connectivity index (χ3n) is 4.11. The minimum Gasteiger partial charge on any atom is -0.481 e. The van der Waals surface area contributed by atoms with Gasteiger partial charge in [0.15, 0.2) is 0 Å². The van der Waals surface area contributed by atoms with Crippen molar-refractivity contribution in [2.45, 2.75) is 38.0 Å². The Kier molecular flexibility index (Phi) is 2.24. The van der Waals surface area contributed by atoms with Crippen molar-refractivity contribution in [2.75, 3.05) is 5.32 Å². The second-order valence-corrected chi connectivity index (χ2v) is 5.31. The predicted octanol–water partition coefficient (Wildman–Crippen LogP) is 2.00. The van der Waals surface area contributed by atoms with E-state index in [1.54, 1.807) is 0 Å². The number of anilines is 1. The fraction of sp³-hybridized carbons (Fsp3) is 0.429. The molecule has 3 rings (SSSR count). The van der Waals surface area contributed by atoms with Crippen LogP contribution >= 0.6 is 0 Å². The van der Waals surface area contributed by atoms with Gasteiger partial charge >= 0.3 is 5.97 Å². The minimum absolute atomic E-state index is 0.0447. The number of carbonyl (C=O) groups is 2. The molecule has 1 amide bonds. The lowest BCUT2D eigenvalue weighted by atomic mass is 9.63. The standard InChI is InChI=1S/C14H15NO3/c1-8-5-9-7-11(16)15-12(9)10(6-8)14(13(17)18)3-2-4-14/h5-6H,2-4,7H2,1H3,(H,15,16)(H,17,18). The first-order valence-electron chi connectivity index (χ1n) is 6.20. The average molecular weight is 245 g/mol. The third kappa shape index (κ3) is 1.38. The first-order chi connectivity index (χ1) is 8.53. The first kappa shape index (κ1) is 11.3. The lowest BCUT2D eigenvalue weighted by molar-refractivity contribution is -0.147. The predicted molar refractivity (Wildman–Crippen MR) is 66.7 cm³/mol. The van der Waals surface area contributed by atoms with Crippen LogP contribution in [0.2, 0.25) is 0 Å².